The predicted molar refractivity (Wildman–Crippen MR) is 70.5 cm³/mol. The lowest BCUT2D eigenvalue weighted by Gasteiger charge is -2.32. The molecule has 1 aliphatic heterocycles. The Morgan fingerprint density at radius 2 is 2.26 bits per heavy atom. The number of likely N-dealkylation sites (N-methyl/N-ethyl adjacent to an activating group) is 1. The van der Waals surface area contributed by atoms with E-state index in [1.165, 1.54) is 0 Å². The van der Waals surface area contributed by atoms with E-state index in [4.69, 9.17) is 9.84 Å². The Kier molecular flexibility index (Phi) is 4.21. The van der Waals surface area contributed by atoms with Crippen molar-refractivity contribution >= 4 is 5.97 Å². The number of nitrogens with zero attached hydrogens (tertiary/aromatic N) is 3. The number of carboxylic acid groups (broad SMARTS) is 1. The van der Waals surface area contributed by atoms with Crippen molar-refractivity contribution in [2.75, 3.05) is 26.2 Å². The van der Waals surface area contributed by atoms with E-state index >= 15 is 0 Å². The maximum Gasteiger partial charge on any atom is 0.339 e. The lowest BCUT2D eigenvalue weighted by Crippen LogP contribution is -2.44. The molecule has 0 aromatic carbocycles. The van der Waals surface area contributed by atoms with Gasteiger partial charge in [0.2, 0.25) is 0 Å². The Morgan fingerprint density at radius 3 is 2.84 bits per heavy atom. The van der Waals surface area contributed by atoms with Crippen LogP contribution in [0.25, 0.3) is 0 Å². The number of aryl methyl sites for hydroxylation is 1. The maximum atomic E-state index is 11.2. The molecule has 1 aromatic rings. The molecule has 19 heavy (non-hydrogen) atoms. The van der Waals surface area contributed by atoms with Crippen molar-refractivity contribution in [2.24, 2.45) is 0 Å². The van der Waals surface area contributed by atoms with Crippen LogP contribution in [0.5, 0.6) is 0 Å². The quantitative estimate of drug-likeness (QED) is 0.878. The van der Waals surface area contributed by atoms with E-state index < -0.39 is 5.97 Å². The van der Waals surface area contributed by atoms with Crippen LogP contribution in [0.15, 0.2) is 0 Å². The average molecular weight is 267 g/mol. The predicted octanol–water partition coefficient (Wildman–Crippen LogP) is 0.919. The van der Waals surface area contributed by atoms with Crippen molar-refractivity contribution in [1.29, 1.82) is 0 Å². The van der Waals surface area contributed by atoms with Gasteiger partial charge in [-0.25, -0.2) is 4.79 Å². The third-order valence-electron chi connectivity index (χ3n) is 3.64. The summed E-state index contributed by atoms with van der Waals surface area (Å²) in [6.07, 6.45) is 0.0772. The van der Waals surface area contributed by atoms with Crippen LogP contribution in [0.3, 0.4) is 0 Å². The zero-order valence-corrected chi connectivity index (χ0v) is 11.7. The fourth-order valence-corrected chi connectivity index (χ4v) is 2.56. The van der Waals surface area contributed by atoms with Gasteiger partial charge < -0.3 is 9.84 Å². The number of hydrogen-bond acceptors (Lipinski definition) is 4. The summed E-state index contributed by atoms with van der Waals surface area (Å²) >= 11 is 0. The Labute approximate surface area is 113 Å². The number of rotatable bonds is 4. The zero-order valence-electron chi connectivity index (χ0n) is 11.7. The summed E-state index contributed by atoms with van der Waals surface area (Å²) in [5.41, 5.74) is 1.57. The van der Waals surface area contributed by atoms with Gasteiger partial charge in [0.1, 0.15) is 5.56 Å². The molecule has 0 saturated carbocycles. The first-order chi connectivity index (χ1) is 9.02. The van der Waals surface area contributed by atoms with Crippen LogP contribution >= 0.6 is 0 Å². The number of aromatic carboxylic acids is 1. The zero-order chi connectivity index (χ0) is 14.0. The molecule has 1 aliphatic rings. The number of carbonyl (C=O) groups is 1. The summed E-state index contributed by atoms with van der Waals surface area (Å²) < 4.78 is 7.48. The molecule has 0 spiro atoms. The van der Waals surface area contributed by atoms with E-state index in [-0.39, 0.29) is 6.10 Å². The SMILES string of the molecule is CCN1CCOC(Cn2nc(C)c(C(=O)O)c2C)C1. The van der Waals surface area contributed by atoms with E-state index in [0.717, 1.165) is 26.2 Å². The summed E-state index contributed by atoms with van der Waals surface area (Å²) in [6.45, 7) is 9.84. The molecule has 6 heteroatoms. The van der Waals surface area contributed by atoms with Crippen LogP contribution in [0.4, 0.5) is 0 Å². The number of aromatic nitrogens is 2. The topological polar surface area (TPSA) is 67.6 Å². The van der Waals surface area contributed by atoms with Gasteiger partial charge in [0.05, 0.1) is 30.6 Å². The number of hydrogen-bond donors (Lipinski definition) is 1. The molecule has 1 aromatic heterocycles. The molecule has 1 atom stereocenters. The summed E-state index contributed by atoms with van der Waals surface area (Å²) in [5, 5.41) is 13.5. The minimum absolute atomic E-state index is 0.0772. The molecule has 106 valence electrons. The van der Waals surface area contributed by atoms with Crippen molar-refractivity contribution in [2.45, 2.75) is 33.4 Å². The largest absolute Gasteiger partial charge is 0.478 e. The second-order valence-corrected chi connectivity index (χ2v) is 4.92. The summed E-state index contributed by atoms with van der Waals surface area (Å²) in [6, 6.07) is 0. The monoisotopic (exact) mass is 267 g/mol. The molecular weight excluding hydrogens is 246 g/mol. The molecule has 0 amide bonds. The van der Waals surface area contributed by atoms with Crippen molar-refractivity contribution in [3.63, 3.8) is 0 Å². The third-order valence-corrected chi connectivity index (χ3v) is 3.64. The van der Waals surface area contributed by atoms with Crippen LogP contribution in [0, 0.1) is 13.8 Å². The average Bonchev–Trinajstić information content (AvgIpc) is 2.64. The molecule has 0 radical (unpaired) electrons. The fraction of sp³-hybridized carbons (Fsp3) is 0.692. The first-order valence-corrected chi connectivity index (χ1v) is 6.64. The second-order valence-electron chi connectivity index (χ2n) is 4.92. The number of morpholine rings is 1. The van der Waals surface area contributed by atoms with Crippen LogP contribution in [-0.4, -0.2) is 58.1 Å². The molecule has 1 fully saturated rings. The highest BCUT2D eigenvalue weighted by atomic mass is 16.5. The first kappa shape index (κ1) is 14.0. The molecule has 1 unspecified atom stereocenters. The highest BCUT2D eigenvalue weighted by Gasteiger charge is 2.23. The maximum absolute atomic E-state index is 11.2. The van der Waals surface area contributed by atoms with Gasteiger partial charge in [-0.05, 0) is 20.4 Å². The van der Waals surface area contributed by atoms with Gasteiger partial charge in [-0.1, -0.05) is 6.92 Å². The Hall–Kier alpha value is -1.40. The van der Waals surface area contributed by atoms with Crippen LogP contribution in [0.1, 0.15) is 28.7 Å². The molecule has 6 nitrogen and oxygen atoms in total. The van der Waals surface area contributed by atoms with Crippen molar-refractivity contribution in [1.82, 2.24) is 14.7 Å². The minimum atomic E-state index is -0.916. The first-order valence-electron chi connectivity index (χ1n) is 6.64. The van der Waals surface area contributed by atoms with E-state index in [0.29, 0.717) is 23.5 Å². The normalized spacial score (nSPS) is 20.7. The number of carboxylic acids is 1. The Bertz CT molecular complexity index is 470. The highest BCUT2D eigenvalue weighted by Crippen LogP contribution is 2.15. The lowest BCUT2D eigenvalue weighted by atomic mass is 10.2. The molecule has 2 heterocycles. The Balaban J connectivity index is 2.11. The van der Waals surface area contributed by atoms with Gasteiger partial charge in [-0.15, -0.1) is 0 Å². The molecule has 0 bridgehead atoms. The van der Waals surface area contributed by atoms with Gasteiger partial charge in [-0.2, -0.15) is 5.10 Å². The number of ether oxygens (including phenoxy) is 1. The lowest BCUT2D eigenvalue weighted by molar-refractivity contribution is -0.0360. The van der Waals surface area contributed by atoms with Gasteiger partial charge in [0.25, 0.3) is 0 Å². The third kappa shape index (κ3) is 2.96. The standard InChI is InChI=1S/C13H21N3O3/c1-4-15-5-6-19-11(7-15)8-16-10(3)12(13(17)18)9(2)14-16/h11H,4-8H2,1-3H3,(H,17,18). The van der Waals surface area contributed by atoms with Crippen LogP contribution in [0.2, 0.25) is 0 Å². The minimum Gasteiger partial charge on any atom is -0.478 e. The summed E-state index contributed by atoms with van der Waals surface area (Å²) in [7, 11) is 0. The van der Waals surface area contributed by atoms with Gasteiger partial charge in [0.15, 0.2) is 0 Å². The van der Waals surface area contributed by atoms with Gasteiger partial charge in [-0.3, -0.25) is 9.58 Å². The van der Waals surface area contributed by atoms with Gasteiger partial charge >= 0.3 is 5.97 Å². The fourth-order valence-electron chi connectivity index (χ4n) is 2.56. The summed E-state index contributed by atoms with van der Waals surface area (Å²) in [5.74, 6) is -0.916. The molecule has 1 N–H and O–H groups in total. The summed E-state index contributed by atoms with van der Waals surface area (Å²) in [4.78, 5) is 13.5. The van der Waals surface area contributed by atoms with Crippen molar-refractivity contribution in [3.05, 3.63) is 17.0 Å². The van der Waals surface area contributed by atoms with E-state index in [1.807, 2.05) is 0 Å². The van der Waals surface area contributed by atoms with Crippen molar-refractivity contribution < 1.29 is 14.6 Å². The molecule has 2 rings (SSSR count). The smallest absolute Gasteiger partial charge is 0.339 e. The van der Waals surface area contributed by atoms with Crippen LogP contribution in [-0.2, 0) is 11.3 Å². The van der Waals surface area contributed by atoms with Crippen LogP contribution < -0.4 is 0 Å². The highest BCUT2D eigenvalue weighted by molar-refractivity contribution is 5.90. The van der Waals surface area contributed by atoms with E-state index in [2.05, 4.69) is 16.9 Å². The van der Waals surface area contributed by atoms with Crippen molar-refractivity contribution in [3.8, 4) is 0 Å². The van der Waals surface area contributed by atoms with E-state index in [1.54, 1.807) is 18.5 Å². The van der Waals surface area contributed by atoms with Gasteiger partial charge in [0, 0.05) is 13.1 Å². The molecule has 0 aliphatic carbocycles. The molecular formula is C13H21N3O3. The van der Waals surface area contributed by atoms with E-state index in [9.17, 15) is 4.79 Å². The molecule has 1 saturated heterocycles. The second kappa shape index (κ2) is 5.71. The Morgan fingerprint density at radius 1 is 1.53 bits per heavy atom.